The molecule has 1 fully saturated rings. The zero-order valence-corrected chi connectivity index (χ0v) is 15.6. The van der Waals surface area contributed by atoms with Gasteiger partial charge in [-0.1, -0.05) is 17.7 Å². The number of aromatic nitrogens is 2. The zero-order chi connectivity index (χ0) is 19.4. The fourth-order valence-electron chi connectivity index (χ4n) is 4.01. The van der Waals surface area contributed by atoms with Gasteiger partial charge in [0, 0.05) is 37.5 Å². The van der Waals surface area contributed by atoms with Crippen molar-refractivity contribution in [3.05, 3.63) is 61.4 Å². The van der Waals surface area contributed by atoms with Crippen molar-refractivity contribution < 1.29 is 9.13 Å². The van der Waals surface area contributed by atoms with Gasteiger partial charge in [-0.05, 0) is 23.8 Å². The fraction of sp³-hybridized carbons (Fsp3) is 0.300. The number of ether oxygens (including phenoxy) is 1. The minimum Gasteiger partial charge on any atom is -0.492 e. The molecule has 3 heterocycles. The zero-order valence-electron chi connectivity index (χ0n) is 14.9. The molecule has 2 aliphatic rings. The van der Waals surface area contributed by atoms with Crippen molar-refractivity contribution in [2.45, 2.75) is 13.0 Å². The molecular formula is C20H17ClFN3O3. The first-order chi connectivity index (χ1) is 13.5. The van der Waals surface area contributed by atoms with E-state index in [-0.39, 0.29) is 11.5 Å². The number of rotatable bonds is 2. The first-order valence-electron chi connectivity index (χ1n) is 9.15. The number of aromatic amines is 1. The van der Waals surface area contributed by atoms with Crippen molar-refractivity contribution in [2.24, 2.45) is 5.92 Å². The Hall–Kier alpha value is -2.64. The van der Waals surface area contributed by atoms with Gasteiger partial charge in [0.05, 0.1) is 28.2 Å². The molecule has 0 spiro atoms. The normalized spacial score (nSPS) is 16.1. The summed E-state index contributed by atoms with van der Waals surface area (Å²) in [6.07, 6.45) is 0.430. The summed E-state index contributed by atoms with van der Waals surface area (Å²) in [4.78, 5) is 27.6. The summed E-state index contributed by atoms with van der Waals surface area (Å²) >= 11 is 6.60. The number of hydrogen-bond acceptors (Lipinski definition) is 4. The molecule has 5 rings (SSSR count). The highest BCUT2D eigenvalue weighted by atomic mass is 35.5. The van der Waals surface area contributed by atoms with Gasteiger partial charge in [0.15, 0.2) is 0 Å². The Bertz CT molecular complexity index is 1230. The number of H-pyrrole nitrogens is 1. The molecule has 0 saturated carbocycles. The number of halogens is 2. The molecule has 0 amide bonds. The quantitative estimate of drug-likeness (QED) is 0.646. The van der Waals surface area contributed by atoms with Crippen LogP contribution >= 0.6 is 11.6 Å². The van der Waals surface area contributed by atoms with E-state index in [1.807, 2.05) is 0 Å². The molecule has 0 radical (unpaired) electrons. The van der Waals surface area contributed by atoms with Gasteiger partial charge in [-0.25, -0.2) is 4.39 Å². The third kappa shape index (κ3) is 2.57. The van der Waals surface area contributed by atoms with Crippen LogP contribution in [0.15, 0.2) is 33.9 Å². The lowest BCUT2D eigenvalue weighted by atomic mass is 9.95. The van der Waals surface area contributed by atoms with Gasteiger partial charge in [0.25, 0.3) is 0 Å². The molecule has 0 bridgehead atoms. The van der Waals surface area contributed by atoms with Crippen LogP contribution in [0.5, 0.6) is 5.75 Å². The molecule has 2 N–H and O–H groups in total. The molecule has 1 saturated heterocycles. The molecule has 1 aromatic heterocycles. The lowest BCUT2D eigenvalue weighted by Gasteiger charge is -2.28. The molecule has 3 aromatic rings. The Morgan fingerprint density at radius 1 is 1.25 bits per heavy atom. The molecule has 144 valence electrons. The molecular weight excluding hydrogens is 385 g/mol. The molecule has 0 unspecified atom stereocenters. The van der Waals surface area contributed by atoms with E-state index in [1.165, 1.54) is 10.6 Å². The molecule has 0 atom stereocenters. The van der Waals surface area contributed by atoms with E-state index in [0.29, 0.717) is 52.5 Å². The monoisotopic (exact) mass is 401 g/mol. The van der Waals surface area contributed by atoms with Crippen molar-refractivity contribution in [3.63, 3.8) is 0 Å². The standard InChI is InChI=1S/C20H17ClFN3O3/c21-12-6-14-18(24-19(26)20(27)25(14)9-10-7-23-8-10)11-4-5-28-15-3-1-2-13(22)17(15)16(11)12/h1-3,6,10,23H,4-5,7-9H2,(H,24,26). The molecule has 8 heteroatoms. The Morgan fingerprint density at radius 2 is 2.07 bits per heavy atom. The predicted octanol–water partition coefficient (Wildman–Crippen LogP) is 2.30. The van der Waals surface area contributed by atoms with Crippen LogP contribution in [0.4, 0.5) is 4.39 Å². The Morgan fingerprint density at radius 3 is 2.82 bits per heavy atom. The van der Waals surface area contributed by atoms with Gasteiger partial charge in [0.2, 0.25) is 0 Å². The van der Waals surface area contributed by atoms with Crippen molar-refractivity contribution in [3.8, 4) is 16.9 Å². The van der Waals surface area contributed by atoms with Crippen molar-refractivity contribution in [1.82, 2.24) is 14.9 Å². The summed E-state index contributed by atoms with van der Waals surface area (Å²) < 4.78 is 21.9. The van der Waals surface area contributed by atoms with Crippen LogP contribution in [0.1, 0.15) is 5.56 Å². The minimum atomic E-state index is -0.691. The molecule has 2 aliphatic heterocycles. The maximum absolute atomic E-state index is 14.7. The van der Waals surface area contributed by atoms with E-state index in [4.69, 9.17) is 16.3 Å². The average Bonchev–Trinajstić information content (AvgIpc) is 2.83. The highest BCUT2D eigenvalue weighted by molar-refractivity contribution is 6.34. The summed E-state index contributed by atoms with van der Waals surface area (Å²) in [6, 6.07) is 6.27. The highest BCUT2D eigenvalue weighted by Gasteiger charge is 2.26. The molecule has 6 nitrogen and oxygen atoms in total. The predicted molar refractivity (Wildman–Crippen MR) is 105 cm³/mol. The molecule has 2 aromatic carbocycles. The Labute approximate surface area is 163 Å². The smallest absolute Gasteiger partial charge is 0.316 e. The van der Waals surface area contributed by atoms with Gasteiger partial charge in [-0.15, -0.1) is 0 Å². The summed E-state index contributed by atoms with van der Waals surface area (Å²) in [7, 11) is 0. The second-order valence-electron chi connectivity index (χ2n) is 7.21. The third-order valence-electron chi connectivity index (χ3n) is 5.47. The highest BCUT2D eigenvalue weighted by Crippen LogP contribution is 2.43. The second-order valence-corrected chi connectivity index (χ2v) is 7.62. The molecule has 28 heavy (non-hydrogen) atoms. The summed E-state index contributed by atoms with van der Waals surface area (Å²) in [5.41, 5.74) is 1.24. The van der Waals surface area contributed by atoms with E-state index >= 15 is 0 Å². The third-order valence-corrected chi connectivity index (χ3v) is 5.77. The van der Waals surface area contributed by atoms with Crippen molar-refractivity contribution >= 4 is 22.6 Å². The first-order valence-corrected chi connectivity index (χ1v) is 9.53. The van der Waals surface area contributed by atoms with Crippen LogP contribution in [0.3, 0.4) is 0 Å². The van der Waals surface area contributed by atoms with E-state index < -0.39 is 16.9 Å². The number of fused-ring (bicyclic) bond motifs is 5. The van der Waals surface area contributed by atoms with Crippen LogP contribution in [0, 0.1) is 11.7 Å². The van der Waals surface area contributed by atoms with Crippen molar-refractivity contribution in [1.29, 1.82) is 0 Å². The Kier molecular flexibility index (Phi) is 4.03. The summed E-state index contributed by atoms with van der Waals surface area (Å²) in [5, 5.41) is 3.49. The van der Waals surface area contributed by atoms with Crippen LogP contribution < -0.4 is 21.2 Å². The number of nitrogens with one attached hydrogen (secondary N) is 2. The van der Waals surface area contributed by atoms with Crippen LogP contribution in [0.2, 0.25) is 5.02 Å². The lowest BCUT2D eigenvalue weighted by Crippen LogP contribution is -2.47. The largest absolute Gasteiger partial charge is 0.492 e. The average molecular weight is 402 g/mol. The number of nitrogens with zero attached hydrogens (tertiary/aromatic N) is 1. The first kappa shape index (κ1) is 17.5. The Balaban J connectivity index is 1.85. The number of benzene rings is 2. The van der Waals surface area contributed by atoms with E-state index in [1.54, 1.807) is 18.2 Å². The maximum atomic E-state index is 14.7. The topological polar surface area (TPSA) is 76.1 Å². The fourth-order valence-corrected chi connectivity index (χ4v) is 4.32. The van der Waals surface area contributed by atoms with Crippen LogP contribution in [-0.2, 0) is 13.0 Å². The lowest BCUT2D eigenvalue weighted by molar-refractivity contribution is 0.306. The van der Waals surface area contributed by atoms with E-state index in [0.717, 1.165) is 13.1 Å². The SMILES string of the molecule is O=c1[nH]c2c3c(c(Cl)cc2n(CC2CNC2)c1=O)-c1c(F)cccc1OCC3. The summed E-state index contributed by atoms with van der Waals surface area (Å²) in [6.45, 7) is 2.34. The van der Waals surface area contributed by atoms with E-state index in [2.05, 4.69) is 10.3 Å². The van der Waals surface area contributed by atoms with Gasteiger partial charge in [-0.3, -0.25) is 9.59 Å². The molecule has 0 aliphatic carbocycles. The second kappa shape index (κ2) is 6.46. The summed E-state index contributed by atoms with van der Waals surface area (Å²) in [5.74, 6) is 0.246. The van der Waals surface area contributed by atoms with Crippen LogP contribution in [0.25, 0.3) is 22.2 Å². The van der Waals surface area contributed by atoms with E-state index in [9.17, 15) is 14.0 Å². The van der Waals surface area contributed by atoms with Gasteiger partial charge < -0.3 is 19.6 Å². The van der Waals surface area contributed by atoms with Crippen LogP contribution in [-0.4, -0.2) is 29.2 Å². The number of hydrogen-bond donors (Lipinski definition) is 2. The minimum absolute atomic E-state index is 0.279. The van der Waals surface area contributed by atoms with Gasteiger partial charge in [-0.2, -0.15) is 0 Å². The maximum Gasteiger partial charge on any atom is 0.316 e. The van der Waals surface area contributed by atoms with Gasteiger partial charge >= 0.3 is 11.1 Å². The van der Waals surface area contributed by atoms with Crippen molar-refractivity contribution in [2.75, 3.05) is 19.7 Å². The van der Waals surface area contributed by atoms with Gasteiger partial charge in [0.1, 0.15) is 11.6 Å².